The molecular weight excluding hydrogens is 380 g/mol. The molecule has 2 aromatic rings. The predicted octanol–water partition coefficient (Wildman–Crippen LogP) is 1.51. The molecule has 1 aliphatic rings. The summed E-state index contributed by atoms with van der Waals surface area (Å²) in [5.74, 6) is -5.39. The number of esters is 2. The van der Waals surface area contributed by atoms with Crippen LogP contribution in [0.25, 0.3) is 0 Å². The van der Waals surface area contributed by atoms with Gasteiger partial charge in [0.15, 0.2) is 18.5 Å². The van der Waals surface area contributed by atoms with Gasteiger partial charge in [0.1, 0.15) is 6.10 Å². The molecule has 0 saturated carbocycles. The molecule has 4 atom stereocenters. The molecule has 0 radical (unpaired) electrons. The van der Waals surface area contributed by atoms with Crippen LogP contribution in [0.3, 0.4) is 0 Å². The van der Waals surface area contributed by atoms with Gasteiger partial charge in [-0.05, 0) is 31.2 Å². The Balaban J connectivity index is 1.86. The lowest BCUT2D eigenvalue weighted by molar-refractivity contribution is -0.314. The van der Waals surface area contributed by atoms with Crippen molar-refractivity contribution in [3.8, 4) is 0 Å². The van der Waals surface area contributed by atoms with Gasteiger partial charge in [-0.3, -0.25) is 0 Å². The van der Waals surface area contributed by atoms with E-state index in [0.717, 1.165) is 0 Å². The highest BCUT2D eigenvalue weighted by molar-refractivity contribution is 5.90. The van der Waals surface area contributed by atoms with Crippen molar-refractivity contribution in [3.05, 3.63) is 71.8 Å². The molecule has 0 amide bonds. The summed E-state index contributed by atoms with van der Waals surface area (Å²) in [5, 5.41) is 21.0. The zero-order valence-electron chi connectivity index (χ0n) is 16.0. The molecule has 0 aromatic heterocycles. The van der Waals surface area contributed by atoms with Crippen molar-refractivity contribution in [1.29, 1.82) is 0 Å². The lowest BCUT2D eigenvalue weighted by atomic mass is 10.0. The van der Waals surface area contributed by atoms with E-state index in [4.69, 9.17) is 18.9 Å². The Kier molecular flexibility index (Phi) is 5.99. The van der Waals surface area contributed by atoms with Gasteiger partial charge >= 0.3 is 11.9 Å². The van der Waals surface area contributed by atoms with Crippen LogP contribution in [0.15, 0.2) is 60.7 Å². The van der Waals surface area contributed by atoms with E-state index >= 15 is 0 Å². The molecule has 2 N–H and O–H groups in total. The summed E-state index contributed by atoms with van der Waals surface area (Å²) in [6, 6.07) is 16.2. The summed E-state index contributed by atoms with van der Waals surface area (Å²) in [5.41, 5.74) is 0.456. The third-order valence-electron chi connectivity index (χ3n) is 4.76. The summed E-state index contributed by atoms with van der Waals surface area (Å²) in [7, 11) is 1.26. The minimum atomic E-state index is -2.17. The molecule has 1 aliphatic heterocycles. The molecule has 3 rings (SSSR count). The van der Waals surface area contributed by atoms with Crippen molar-refractivity contribution in [2.75, 3.05) is 13.7 Å². The summed E-state index contributed by atoms with van der Waals surface area (Å²) in [4.78, 5) is 24.9. The van der Waals surface area contributed by atoms with Crippen molar-refractivity contribution in [1.82, 2.24) is 0 Å². The highest BCUT2D eigenvalue weighted by Crippen LogP contribution is 2.40. The first kappa shape index (κ1) is 20.9. The molecule has 0 aliphatic carbocycles. The number of carbonyl (C=O) groups is 2. The topological polar surface area (TPSA) is 112 Å². The van der Waals surface area contributed by atoms with Gasteiger partial charge in [0, 0.05) is 7.11 Å². The minimum Gasteiger partial charge on any atom is -0.455 e. The van der Waals surface area contributed by atoms with Crippen LogP contribution in [0.1, 0.15) is 27.6 Å². The van der Waals surface area contributed by atoms with E-state index in [0.29, 0.717) is 0 Å². The van der Waals surface area contributed by atoms with Crippen LogP contribution in [-0.4, -0.2) is 59.7 Å². The molecule has 0 unspecified atom stereocenters. The normalized spacial score (nSPS) is 28.7. The molecule has 1 saturated heterocycles. The lowest BCUT2D eigenvalue weighted by Crippen LogP contribution is -2.51. The first-order chi connectivity index (χ1) is 13.8. The number of rotatable bonds is 6. The fraction of sp³-hybridized carbons (Fsp3) is 0.333. The molecule has 2 aromatic carbocycles. The van der Waals surface area contributed by atoms with Crippen LogP contribution in [0, 0.1) is 0 Å². The summed E-state index contributed by atoms with van der Waals surface area (Å²) in [6.45, 7) is 0.717. The lowest BCUT2D eigenvalue weighted by Gasteiger charge is -2.32. The maximum Gasteiger partial charge on any atom is 0.340 e. The van der Waals surface area contributed by atoms with E-state index in [9.17, 15) is 19.8 Å². The van der Waals surface area contributed by atoms with Crippen molar-refractivity contribution in [2.45, 2.75) is 30.7 Å². The largest absolute Gasteiger partial charge is 0.455 e. The van der Waals surface area contributed by atoms with E-state index in [1.165, 1.54) is 26.2 Å². The Hall–Kier alpha value is -2.78. The number of aliphatic hydroxyl groups excluding tert-OH is 2. The highest BCUT2D eigenvalue weighted by Gasteiger charge is 2.64. The van der Waals surface area contributed by atoms with E-state index < -0.39 is 42.3 Å². The number of ether oxygens (including phenoxy) is 4. The number of hydrogen-bond donors (Lipinski definition) is 2. The number of carbonyl (C=O) groups excluding carboxylic acids is 2. The van der Waals surface area contributed by atoms with Crippen molar-refractivity contribution in [2.24, 2.45) is 0 Å². The summed E-state index contributed by atoms with van der Waals surface area (Å²) in [6.07, 6.45) is -3.30. The quantitative estimate of drug-likeness (QED) is 0.700. The molecule has 0 bridgehead atoms. The van der Waals surface area contributed by atoms with Gasteiger partial charge in [-0.15, -0.1) is 0 Å². The van der Waals surface area contributed by atoms with Gasteiger partial charge in [-0.2, -0.15) is 0 Å². The Labute approximate surface area is 167 Å². The van der Waals surface area contributed by atoms with Crippen LogP contribution in [0.4, 0.5) is 0 Å². The smallest absolute Gasteiger partial charge is 0.340 e. The van der Waals surface area contributed by atoms with E-state index in [1.54, 1.807) is 48.5 Å². The molecule has 154 valence electrons. The maximum atomic E-state index is 12.6. The number of aliphatic hydroxyl groups is 2. The van der Waals surface area contributed by atoms with E-state index in [2.05, 4.69) is 0 Å². The monoisotopic (exact) mass is 402 g/mol. The van der Waals surface area contributed by atoms with Crippen molar-refractivity contribution in [3.63, 3.8) is 0 Å². The highest BCUT2D eigenvalue weighted by atomic mass is 16.8. The second kappa shape index (κ2) is 8.30. The van der Waals surface area contributed by atoms with E-state index in [-0.39, 0.29) is 11.1 Å². The van der Waals surface area contributed by atoms with Crippen LogP contribution < -0.4 is 0 Å². The fourth-order valence-corrected chi connectivity index (χ4v) is 2.99. The Bertz CT molecular complexity index is 855. The van der Waals surface area contributed by atoms with Crippen LogP contribution in [0.2, 0.25) is 0 Å². The van der Waals surface area contributed by atoms with Crippen molar-refractivity contribution < 1.29 is 38.7 Å². The average molecular weight is 402 g/mol. The van der Waals surface area contributed by atoms with Crippen LogP contribution in [-0.2, 0) is 18.9 Å². The van der Waals surface area contributed by atoms with Crippen molar-refractivity contribution >= 4 is 11.9 Å². The standard InChI is InChI=1S/C21H22O8/c1-20(26-2)16(22)17(23)21(29-20,28-19(25)15-11-7-4-8-12-15)13-27-18(24)14-9-5-3-6-10-14/h3-12,16-17,22-23H,13H2,1-2H3/t16-,17+,20-,21-/m1/s1. The zero-order chi connectivity index (χ0) is 21.1. The maximum absolute atomic E-state index is 12.6. The second-order valence-electron chi connectivity index (χ2n) is 6.72. The molecule has 0 spiro atoms. The third-order valence-corrected chi connectivity index (χ3v) is 4.76. The van der Waals surface area contributed by atoms with E-state index in [1.807, 2.05) is 0 Å². The Morgan fingerprint density at radius 3 is 1.93 bits per heavy atom. The van der Waals surface area contributed by atoms with Crippen LogP contribution >= 0.6 is 0 Å². The number of benzene rings is 2. The SMILES string of the molecule is CO[C@]1(C)O[C@@](COC(=O)c2ccccc2)(OC(=O)c2ccccc2)[C@@H](O)[C@H]1O. The number of methoxy groups -OCH3 is 1. The minimum absolute atomic E-state index is 0.192. The van der Waals surface area contributed by atoms with Gasteiger partial charge in [-0.25, -0.2) is 9.59 Å². The molecule has 8 nitrogen and oxygen atoms in total. The zero-order valence-corrected chi connectivity index (χ0v) is 16.0. The number of hydrogen-bond acceptors (Lipinski definition) is 8. The van der Waals surface area contributed by atoms with Gasteiger partial charge < -0.3 is 29.2 Å². The van der Waals surface area contributed by atoms with Gasteiger partial charge in [0.2, 0.25) is 0 Å². The molecule has 29 heavy (non-hydrogen) atoms. The third kappa shape index (κ3) is 4.15. The molecule has 1 heterocycles. The molecular formula is C21H22O8. The van der Waals surface area contributed by atoms with Gasteiger partial charge in [0.25, 0.3) is 5.79 Å². The molecule has 1 fully saturated rings. The first-order valence-corrected chi connectivity index (χ1v) is 8.93. The van der Waals surface area contributed by atoms with Crippen LogP contribution in [0.5, 0.6) is 0 Å². The summed E-state index contributed by atoms with van der Waals surface area (Å²) < 4.78 is 21.5. The fourth-order valence-electron chi connectivity index (χ4n) is 2.99. The predicted molar refractivity (Wildman–Crippen MR) is 99.8 cm³/mol. The summed E-state index contributed by atoms with van der Waals surface area (Å²) >= 11 is 0. The van der Waals surface area contributed by atoms with Gasteiger partial charge in [-0.1, -0.05) is 36.4 Å². The van der Waals surface area contributed by atoms with Gasteiger partial charge in [0.05, 0.1) is 11.1 Å². The average Bonchev–Trinajstić information content (AvgIpc) is 2.95. The second-order valence-corrected chi connectivity index (χ2v) is 6.72. The Morgan fingerprint density at radius 1 is 0.931 bits per heavy atom. The molecule has 8 heteroatoms. The first-order valence-electron chi connectivity index (χ1n) is 8.93. The Morgan fingerprint density at radius 2 is 1.45 bits per heavy atom.